The van der Waals surface area contributed by atoms with E-state index in [4.69, 9.17) is 0 Å². The molecule has 2 rings (SSSR count). The van der Waals surface area contributed by atoms with Crippen molar-refractivity contribution in [2.75, 3.05) is 0 Å². The maximum absolute atomic E-state index is 3.67. The first-order chi connectivity index (χ1) is 5.00. The molecule has 0 radical (unpaired) electrons. The van der Waals surface area contributed by atoms with Crippen LogP contribution in [0.2, 0.25) is 0 Å². The molecule has 0 amide bonds. The minimum Gasteiger partial charge on any atom is -0.351 e. The Morgan fingerprint density at radius 2 is 1.60 bits per heavy atom. The molecule has 0 aromatic carbocycles. The number of H-pyrrole nitrogens is 1. The molecule has 1 aliphatic carbocycles. The minimum absolute atomic E-state index is 1.50. The van der Waals surface area contributed by atoms with E-state index in [1.54, 1.807) is 18.7 Å². The molecule has 0 spiro atoms. The van der Waals surface area contributed by atoms with Crippen molar-refractivity contribution in [2.45, 2.75) is 32.1 Å². The minimum atomic E-state index is 1.50. The van der Waals surface area contributed by atoms with Gasteiger partial charge in [0.05, 0.1) is 6.33 Å². The van der Waals surface area contributed by atoms with Crippen LogP contribution in [0, 0.1) is 0 Å². The van der Waals surface area contributed by atoms with Crippen LogP contribution in [0.4, 0.5) is 0 Å². The van der Waals surface area contributed by atoms with Crippen LogP contribution in [-0.2, 0) is 0 Å². The second kappa shape index (κ2) is 5.03. The third kappa shape index (κ3) is 3.28. The Balaban J connectivity index is 0.0000001000. The molecule has 1 aliphatic rings. The van der Waals surface area contributed by atoms with E-state index in [0.717, 1.165) is 0 Å². The van der Waals surface area contributed by atoms with Crippen molar-refractivity contribution in [3.63, 3.8) is 0 Å². The molecular weight excluding hydrogens is 124 g/mol. The van der Waals surface area contributed by atoms with Gasteiger partial charge in [-0.3, -0.25) is 0 Å². The van der Waals surface area contributed by atoms with Gasteiger partial charge in [-0.05, 0) is 0 Å². The summed E-state index contributed by atoms with van der Waals surface area (Å²) in [4.78, 5) is 6.42. The predicted molar refractivity (Wildman–Crippen MR) is 41.7 cm³/mol. The summed E-state index contributed by atoms with van der Waals surface area (Å²) < 4.78 is 0. The second-order valence-electron chi connectivity index (χ2n) is 2.53. The van der Waals surface area contributed by atoms with E-state index in [1.165, 1.54) is 32.1 Å². The van der Waals surface area contributed by atoms with Crippen molar-refractivity contribution in [3.8, 4) is 0 Å². The van der Waals surface area contributed by atoms with Crippen LogP contribution >= 0.6 is 0 Å². The highest BCUT2D eigenvalue weighted by molar-refractivity contribution is 4.64. The lowest BCUT2D eigenvalue weighted by Crippen LogP contribution is -1.47. The molecule has 0 bridgehead atoms. The molecule has 56 valence electrons. The molecule has 2 nitrogen and oxygen atoms in total. The number of rotatable bonds is 0. The van der Waals surface area contributed by atoms with Crippen LogP contribution in [0.5, 0.6) is 0 Å². The van der Waals surface area contributed by atoms with Gasteiger partial charge in [-0.15, -0.1) is 0 Å². The smallest absolute Gasteiger partial charge is 0.0919 e. The van der Waals surface area contributed by atoms with Crippen LogP contribution < -0.4 is 0 Å². The van der Waals surface area contributed by atoms with Crippen LogP contribution in [0.15, 0.2) is 18.7 Å². The monoisotopic (exact) mass is 138 g/mol. The summed E-state index contributed by atoms with van der Waals surface area (Å²) in [6.07, 6.45) is 12.6. The molecule has 1 aromatic heterocycles. The maximum Gasteiger partial charge on any atom is 0.0919 e. The molecule has 0 atom stereocenters. The van der Waals surface area contributed by atoms with Crippen molar-refractivity contribution in [3.05, 3.63) is 18.7 Å². The van der Waals surface area contributed by atoms with Gasteiger partial charge >= 0.3 is 0 Å². The van der Waals surface area contributed by atoms with E-state index >= 15 is 0 Å². The van der Waals surface area contributed by atoms with Gasteiger partial charge in [0.2, 0.25) is 0 Å². The van der Waals surface area contributed by atoms with Gasteiger partial charge in [0.1, 0.15) is 0 Å². The van der Waals surface area contributed by atoms with Crippen molar-refractivity contribution >= 4 is 0 Å². The van der Waals surface area contributed by atoms with E-state index in [2.05, 4.69) is 9.97 Å². The van der Waals surface area contributed by atoms with Crippen molar-refractivity contribution < 1.29 is 0 Å². The van der Waals surface area contributed by atoms with Gasteiger partial charge in [-0.1, -0.05) is 32.1 Å². The Morgan fingerprint density at radius 1 is 1.00 bits per heavy atom. The zero-order valence-corrected chi connectivity index (χ0v) is 6.21. The van der Waals surface area contributed by atoms with E-state index in [-0.39, 0.29) is 0 Å². The molecule has 1 fully saturated rings. The standard InChI is InChI=1S/C5H10.C3H4N2/c1-2-4-5-3-1;1-2-5-3-4-1/h1-5H2;1-3H,(H,4,5). The SMILES string of the molecule is C1CCCC1.c1c[nH]cn1. The van der Waals surface area contributed by atoms with Crippen molar-refractivity contribution in [1.29, 1.82) is 0 Å². The number of nitrogens with one attached hydrogen (secondary N) is 1. The zero-order chi connectivity index (χ0) is 7.07. The summed E-state index contributed by atoms with van der Waals surface area (Å²) in [6.45, 7) is 0. The number of aromatic amines is 1. The first kappa shape index (κ1) is 7.32. The fourth-order valence-electron chi connectivity index (χ4n) is 1.10. The summed E-state index contributed by atoms with van der Waals surface area (Å²) in [5.41, 5.74) is 0. The average molecular weight is 138 g/mol. The van der Waals surface area contributed by atoms with Crippen molar-refractivity contribution in [2.24, 2.45) is 0 Å². The molecule has 1 N–H and O–H groups in total. The highest BCUT2D eigenvalue weighted by Crippen LogP contribution is 2.15. The molecule has 0 saturated heterocycles. The average Bonchev–Trinajstić information content (AvgIpc) is 2.67. The van der Waals surface area contributed by atoms with Gasteiger partial charge < -0.3 is 4.98 Å². The molecule has 10 heavy (non-hydrogen) atoms. The lowest BCUT2D eigenvalue weighted by atomic mass is 10.4. The fraction of sp³-hybridized carbons (Fsp3) is 0.625. The lowest BCUT2D eigenvalue weighted by molar-refractivity contribution is 0.886. The number of nitrogens with zero attached hydrogens (tertiary/aromatic N) is 1. The molecule has 1 heterocycles. The Labute approximate surface area is 61.7 Å². The number of aromatic nitrogens is 2. The summed E-state index contributed by atoms with van der Waals surface area (Å²) >= 11 is 0. The summed E-state index contributed by atoms with van der Waals surface area (Å²) in [6, 6.07) is 0. The lowest BCUT2D eigenvalue weighted by Gasteiger charge is -1.67. The first-order valence-corrected chi connectivity index (χ1v) is 3.93. The highest BCUT2D eigenvalue weighted by atomic mass is 14.8. The van der Waals surface area contributed by atoms with Gasteiger partial charge in [-0.2, -0.15) is 0 Å². The number of hydrogen-bond acceptors (Lipinski definition) is 1. The normalized spacial score (nSPS) is 16.0. The van der Waals surface area contributed by atoms with Crippen LogP contribution in [0.3, 0.4) is 0 Å². The maximum atomic E-state index is 3.67. The molecule has 1 aromatic rings. The quantitative estimate of drug-likeness (QED) is 0.585. The second-order valence-corrected chi connectivity index (χ2v) is 2.53. The summed E-state index contributed by atoms with van der Waals surface area (Å²) in [7, 11) is 0. The Bertz CT molecular complexity index is 106. The summed E-state index contributed by atoms with van der Waals surface area (Å²) in [5.74, 6) is 0. The van der Waals surface area contributed by atoms with Gasteiger partial charge in [-0.25, -0.2) is 4.98 Å². The van der Waals surface area contributed by atoms with Crippen LogP contribution in [0.25, 0.3) is 0 Å². The Morgan fingerprint density at radius 3 is 1.80 bits per heavy atom. The molecule has 2 heteroatoms. The van der Waals surface area contributed by atoms with Crippen LogP contribution in [0.1, 0.15) is 32.1 Å². The van der Waals surface area contributed by atoms with E-state index in [9.17, 15) is 0 Å². The highest BCUT2D eigenvalue weighted by Gasteiger charge is 1.95. The third-order valence-electron chi connectivity index (χ3n) is 1.66. The topological polar surface area (TPSA) is 28.7 Å². The van der Waals surface area contributed by atoms with E-state index in [0.29, 0.717) is 0 Å². The van der Waals surface area contributed by atoms with Crippen molar-refractivity contribution in [1.82, 2.24) is 9.97 Å². The summed E-state index contributed by atoms with van der Waals surface area (Å²) in [5, 5.41) is 0. The van der Waals surface area contributed by atoms with Crippen LogP contribution in [-0.4, -0.2) is 9.97 Å². The fourth-order valence-corrected chi connectivity index (χ4v) is 1.10. The first-order valence-electron chi connectivity index (χ1n) is 3.93. The van der Waals surface area contributed by atoms with Gasteiger partial charge in [0.25, 0.3) is 0 Å². The van der Waals surface area contributed by atoms with E-state index < -0.39 is 0 Å². The molecular formula is C8H14N2. The zero-order valence-electron chi connectivity index (χ0n) is 6.21. The molecule has 1 saturated carbocycles. The number of hydrogen-bond donors (Lipinski definition) is 1. The Kier molecular flexibility index (Phi) is 3.68. The van der Waals surface area contributed by atoms with Gasteiger partial charge in [0.15, 0.2) is 0 Å². The van der Waals surface area contributed by atoms with Gasteiger partial charge in [0, 0.05) is 12.4 Å². The van der Waals surface area contributed by atoms with E-state index in [1.807, 2.05) is 0 Å². The Hall–Kier alpha value is -0.790. The number of imidazole rings is 1. The molecule has 0 aliphatic heterocycles. The third-order valence-corrected chi connectivity index (χ3v) is 1.66. The molecule has 0 unspecified atom stereocenters. The predicted octanol–water partition coefficient (Wildman–Crippen LogP) is 2.36. The largest absolute Gasteiger partial charge is 0.351 e.